The number of benzene rings is 2. The highest BCUT2D eigenvalue weighted by molar-refractivity contribution is 5.86. The first kappa shape index (κ1) is 24.3. The Morgan fingerprint density at radius 2 is 1.61 bits per heavy atom. The predicted octanol–water partition coefficient (Wildman–Crippen LogP) is 3.25. The van der Waals surface area contributed by atoms with Gasteiger partial charge in [0.1, 0.15) is 12.1 Å². The zero-order valence-corrected chi connectivity index (χ0v) is 19.3. The van der Waals surface area contributed by atoms with Crippen molar-refractivity contribution < 1.29 is 29.0 Å². The van der Waals surface area contributed by atoms with Gasteiger partial charge in [0.2, 0.25) is 5.91 Å². The molecule has 8 heteroatoms. The average Bonchev–Trinajstić information content (AvgIpc) is 3.13. The summed E-state index contributed by atoms with van der Waals surface area (Å²) >= 11 is 0. The number of methoxy groups -OCH3 is 1. The molecule has 3 rings (SSSR count). The number of carboxylic acid groups (broad SMARTS) is 1. The third kappa shape index (κ3) is 5.17. The Balaban J connectivity index is 1.54. The lowest BCUT2D eigenvalue weighted by Gasteiger charge is -2.32. The largest absolute Gasteiger partial charge is 0.480 e. The van der Waals surface area contributed by atoms with Crippen molar-refractivity contribution in [3.63, 3.8) is 0 Å². The second-order valence-electron chi connectivity index (χ2n) is 8.59. The number of likely N-dealkylation sites (N-methyl/N-ethyl adjacent to an activating group) is 1. The van der Waals surface area contributed by atoms with Crippen molar-refractivity contribution in [2.24, 2.45) is 0 Å². The first-order valence-electron chi connectivity index (χ1n) is 10.8. The lowest BCUT2D eigenvalue weighted by atomic mass is 9.98. The lowest BCUT2D eigenvalue weighted by molar-refractivity contribution is -0.156. The zero-order chi connectivity index (χ0) is 24.2. The van der Waals surface area contributed by atoms with Gasteiger partial charge < -0.3 is 24.8 Å². The second-order valence-corrected chi connectivity index (χ2v) is 8.59. The van der Waals surface area contributed by atoms with Crippen molar-refractivity contribution in [2.45, 2.75) is 37.8 Å². The van der Waals surface area contributed by atoms with Crippen molar-refractivity contribution in [1.82, 2.24) is 10.2 Å². The number of alkyl carbamates (subject to hydrolysis) is 1. The number of amides is 2. The molecule has 0 saturated heterocycles. The molecule has 0 heterocycles. The highest BCUT2D eigenvalue weighted by atomic mass is 16.5. The van der Waals surface area contributed by atoms with Crippen LogP contribution in [0.15, 0.2) is 48.5 Å². The average molecular weight is 455 g/mol. The SMILES string of the molecule is COC(CNC(=O)OCC1c2ccccc2-c2ccccc21)CC(=O)N(C)C(C)(C)C(=O)O. The van der Waals surface area contributed by atoms with Crippen molar-refractivity contribution >= 4 is 18.0 Å². The molecule has 2 aromatic carbocycles. The Labute approximate surface area is 193 Å². The normalized spacial score (nSPS) is 13.6. The number of carbonyl (C=O) groups excluding carboxylic acids is 2. The number of carbonyl (C=O) groups is 3. The number of ether oxygens (including phenoxy) is 2. The molecule has 0 radical (unpaired) electrons. The molecule has 2 N–H and O–H groups in total. The van der Waals surface area contributed by atoms with Crippen molar-refractivity contribution in [3.8, 4) is 11.1 Å². The molecule has 0 aliphatic heterocycles. The Hall–Kier alpha value is -3.39. The van der Waals surface area contributed by atoms with Gasteiger partial charge in [-0.3, -0.25) is 4.79 Å². The molecule has 8 nitrogen and oxygen atoms in total. The number of rotatable bonds is 9. The molecular weight excluding hydrogens is 424 g/mol. The fourth-order valence-electron chi connectivity index (χ4n) is 3.87. The molecular formula is C25H30N2O6. The van der Waals surface area contributed by atoms with Crippen LogP contribution >= 0.6 is 0 Å². The van der Waals surface area contributed by atoms with Gasteiger partial charge in [-0.2, -0.15) is 0 Å². The first-order valence-corrected chi connectivity index (χ1v) is 10.8. The van der Waals surface area contributed by atoms with E-state index in [0.717, 1.165) is 27.2 Å². The summed E-state index contributed by atoms with van der Waals surface area (Å²) in [4.78, 5) is 37.4. The highest BCUT2D eigenvalue weighted by Crippen LogP contribution is 2.44. The summed E-state index contributed by atoms with van der Waals surface area (Å²) in [6.45, 7) is 3.14. The molecule has 1 aliphatic rings. The molecule has 1 atom stereocenters. The van der Waals surface area contributed by atoms with Gasteiger partial charge in [0.15, 0.2) is 0 Å². The molecule has 176 valence electrons. The van der Waals surface area contributed by atoms with Crippen LogP contribution in [0.5, 0.6) is 0 Å². The number of aliphatic carboxylic acids is 1. The van der Waals surface area contributed by atoms with Crippen molar-refractivity contribution in [3.05, 3.63) is 59.7 Å². The standard InChI is InChI=1S/C25H30N2O6/c1-25(2,23(29)30)27(3)22(28)13-16(32-4)14-26-24(31)33-15-21-19-11-7-5-9-17(19)18-10-6-8-12-20(18)21/h5-12,16,21H,13-15H2,1-4H3,(H,26,31)(H,29,30). The molecule has 0 saturated carbocycles. The Bertz CT molecular complexity index is 990. The summed E-state index contributed by atoms with van der Waals surface area (Å²) in [5, 5.41) is 11.9. The number of nitrogens with one attached hydrogen (secondary N) is 1. The second kappa shape index (κ2) is 10.0. The quantitative estimate of drug-likeness (QED) is 0.603. The fourth-order valence-corrected chi connectivity index (χ4v) is 3.87. The van der Waals surface area contributed by atoms with Crippen LogP contribution in [-0.4, -0.2) is 66.9 Å². The molecule has 1 aliphatic carbocycles. The maximum absolute atomic E-state index is 12.5. The van der Waals surface area contributed by atoms with E-state index in [1.54, 1.807) is 0 Å². The summed E-state index contributed by atoms with van der Waals surface area (Å²) in [7, 11) is 2.86. The van der Waals surface area contributed by atoms with Crippen LogP contribution < -0.4 is 5.32 Å². The van der Waals surface area contributed by atoms with E-state index in [4.69, 9.17) is 9.47 Å². The molecule has 0 aromatic heterocycles. The number of fused-ring (bicyclic) bond motifs is 3. The van der Waals surface area contributed by atoms with E-state index >= 15 is 0 Å². The zero-order valence-electron chi connectivity index (χ0n) is 19.3. The minimum Gasteiger partial charge on any atom is -0.480 e. The Kier molecular flexibility index (Phi) is 7.38. The number of hydrogen-bond donors (Lipinski definition) is 2. The monoisotopic (exact) mass is 454 g/mol. The van der Waals surface area contributed by atoms with Crippen LogP contribution in [0, 0.1) is 0 Å². The third-order valence-corrected chi connectivity index (χ3v) is 6.29. The fraction of sp³-hybridized carbons (Fsp3) is 0.400. The maximum Gasteiger partial charge on any atom is 0.407 e. The number of hydrogen-bond acceptors (Lipinski definition) is 5. The van der Waals surface area contributed by atoms with Gasteiger partial charge in [-0.05, 0) is 36.1 Å². The van der Waals surface area contributed by atoms with E-state index in [2.05, 4.69) is 17.4 Å². The molecule has 0 spiro atoms. The smallest absolute Gasteiger partial charge is 0.407 e. The number of nitrogens with zero attached hydrogens (tertiary/aromatic N) is 1. The van der Waals surface area contributed by atoms with Gasteiger partial charge in [0, 0.05) is 26.6 Å². The lowest BCUT2D eigenvalue weighted by Crippen LogP contribution is -2.51. The van der Waals surface area contributed by atoms with Crippen LogP contribution in [0.1, 0.15) is 37.3 Å². The molecule has 0 fully saturated rings. The van der Waals surface area contributed by atoms with Crippen molar-refractivity contribution in [2.75, 3.05) is 27.3 Å². The van der Waals surface area contributed by atoms with Gasteiger partial charge in [0.05, 0.1) is 12.5 Å². The third-order valence-electron chi connectivity index (χ3n) is 6.29. The molecule has 33 heavy (non-hydrogen) atoms. The maximum atomic E-state index is 12.5. The minimum atomic E-state index is -1.35. The predicted molar refractivity (Wildman–Crippen MR) is 123 cm³/mol. The Morgan fingerprint density at radius 1 is 1.06 bits per heavy atom. The van der Waals surface area contributed by atoms with Gasteiger partial charge >= 0.3 is 12.1 Å². The highest BCUT2D eigenvalue weighted by Gasteiger charge is 2.36. The molecule has 1 unspecified atom stereocenters. The van der Waals surface area contributed by atoms with E-state index in [9.17, 15) is 19.5 Å². The molecule has 2 amide bonds. The summed E-state index contributed by atoms with van der Waals surface area (Å²) in [6.07, 6.45) is -1.30. The first-order chi connectivity index (χ1) is 15.7. The van der Waals surface area contributed by atoms with Crippen LogP contribution in [0.2, 0.25) is 0 Å². The van der Waals surface area contributed by atoms with Crippen LogP contribution in [0.25, 0.3) is 11.1 Å². The van der Waals surface area contributed by atoms with Gasteiger partial charge in [-0.25, -0.2) is 9.59 Å². The van der Waals surface area contributed by atoms with Crippen LogP contribution in [0.3, 0.4) is 0 Å². The van der Waals surface area contributed by atoms with Crippen LogP contribution in [0.4, 0.5) is 4.79 Å². The topological polar surface area (TPSA) is 105 Å². The molecule has 2 aromatic rings. The van der Waals surface area contributed by atoms with Gasteiger partial charge in [-0.15, -0.1) is 0 Å². The van der Waals surface area contributed by atoms with E-state index in [1.807, 2.05) is 36.4 Å². The van der Waals surface area contributed by atoms with Crippen LogP contribution in [-0.2, 0) is 19.1 Å². The minimum absolute atomic E-state index is 0.0464. The number of carboxylic acids is 1. The van der Waals surface area contributed by atoms with E-state index in [0.29, 0.717) is 0 Å². The van der Waals surface area contributed by atoms with E-state index in [1.165, 1.54) is 28.0 Å². The van der Waals surface area contributed by atoms with Gasteiger partial charge in [-0.1, -0.05) is 48.5 Å². The summed E-state index contributed by atoms with van der Waals surface area (Å²) < 4.78 is 10.8. The summed E-state index contributed by atoms with van der Waals surface area (Å²) in [5.41, 5.74) is 3.18. The van der Waals surface area contributed by atoms with Gasteiger partial charge in [0.25, 0.3) is 0 Å². The van der Waals surface area contributed by atoms with E-state index < -0.39 is 29.6 Å². The van der Waals surface area contributed by atoms with Crippen molar-refractivity contribution in [1.29, 1.82) is 0 Å². The summed E-state index contributed by atoms with van der Waals surface area (Å²) in [6, 6.07) is 16.2. The Morgan fingerprint density at radius 3 is 2.12 bits per heavy atom. The summed E-state index contributed by atoms with van der Waals surface area (Å²) in [5.74, 6) is -1.55. The molecule has 0 bridgehead atoms. The van der Waals surface area contributed by atoms with E-state index in [-0.39, 0.29) is 25.5 Å².